The molecular weight excluding hydrogens is 598 g/mol. The second kappa shape index (κ2) is 19.0. The van der Waals surface area contributed by atoms with Crippen molar-refractivity contribution in [3.8, 4) is 11.3 Å². The summed E-state index contributed by atoms with van der Waals surface area (Å²) in [6.45, 7) is 9.46. The molecule has 1 amide bonds. The van der Waals surface area contributed by atoms with Crippen LogP contribution in [0.2, 0.25) is 0 Å². The number of nitrogens with one attached hydrogen (secondary N) is 2. The number of ether oxygens (including phenoxy) is 2. The monoisotopic (exact) mass is 649 g/mol. The summed E-state index contributed by atoms with van der Waals surface area (Å²) in [7, 11) is 0. The Balaban J connectivity index is 0.000000284. The molecule has 0 saturated heterocycles. The molecule has 0 radical (unpaired) electrons. The van der Waals surface area contributed by atoms with Crippen LogP contribution in [0.5, 0.6) is 0 Å². The van der Waals surface area contributed by atoms with Crippen molar-refractivity contribution in [3.63, 3.8) is 0 Å². The summed E-state index contributed by atoms with van der Waals surface area (Å²) in [4.78, 5) is 19.9. The SMILES string of the molecule is CC(C)(C)OC(=O)NC1CCCCC1.CCCOCn1nc(-c2cccc(NCc3ccccc3)c2)c2cnc(N)nc21.CSC. The molecule has 250 valence electrons. The van der Waals surface area contributed by atoms with Gasteiger partial charge in [-0.25, -0.2) is 14.5 Å². The average Bonchev–Trinajstić information content (AvgIpc) is 3.38. The molecule has 10 nitrogen and oxygen atoms in total. The summed E-state index contributed by atoms with van der Waals surface area (Å²) < 4.78 is 12.6. The zero-order valence-electron chi connectivity index (χ0n) is 28.2. The van der Waals surface area contributed by atoms with Gasteiger partial charge in [-0.15, -0.1) is 0 Å². The van der Waals surface area contributed by atoms with Crippen LogP contribution >= 0.6 is 11.8 Å². The van der Waals surface area contributed by atoms with Crippen molar-refractivity contribution < 1.29 is 14.3 Å². The van der Waals surface area contributed by atoms with E-state index in [1.54, 1.807) is 22.6 Å². The number of thioether (sulfide) groups is 1. The minimum atomic E-state index is -0.390. The van der Waals surface area contributed by atoms with Crippen LogP contribution in [0.3, 0.4) is 0 Å². The van der Waals surface area contributed by atoms with E-state index in [1.807, 2.05) is 69.7 Å². The summed E-state index contributed by atoms with van der Waals surface area (Å²) in [5.41, 5.74) is 10.1. The third kappa shape index (κ3) is 12.5. The van der Waals surface area contributed by atoms with Crippen LogP contribution in [-0.2, 0) is 22.7 Å². The van der Waals surface area contributed by atoms with E-state index in [9.17, 15) is 4.79 Å². The molecule has 1 fully saturated rings. The summed E-state index contributed by atoms with van der Waals surface area (Å²) in [6, 6.07) is 18.8. The molecule has 4 aromatic rings. The maximum atomic E-state index is 11.4. The molecule has 0 bridgehead atoms. The number of carbonyl (C=O) groups is 1. The van der Waals surface area contributed by atoms with Gasteiger partial charge in [-0.3, -0.25) is 0 Å². The van der Waals surface area contributed by atoms with Gasteiger partial charge in [0.15, 0.2) is 5.65 Å². The van der Waals surface area contributed by atoms with Gasteiger partial charge in [-0.05, 0) is 70.2 Å². The summed E-state index contributed by atoms with van der Waals surface area (Å²) in [5.74, 6) is 0.221. The lowest BCUT2D eigenvalue weighted by Crippen LogP contribution is -2.39. The van der Waals surface area contributed by atoms with Gasteiger partial charge >= 0.3 is 6.09 Å². The first kappa shape index (κ1) is 36.6. The predicted octanol–water partition coefficient (Wildman–Crippen LogP) is 7.89. The molecule has 1 saturated carbocycles. The molecule has 46 heavy (non-hydrogen) atoms. The van der Waals surface area contributed by atoms with E-state index in [0.29, 0.717) is 25.0 Å². The molecule has 2 aromatic carbocycles. The summed E-state index contributed by atoms with van der Waals surface area (Å²) in [5, 5.41) is 12.0. The third-order valence-electron chi connectivity index (χ3n) is 6.87. The lowest BCUT2D eigenvalue weighted by Gasteiger charge is -2.25. The molecule has 2 aromatic heterocycles. The lowest BCUT2D eigenvalue weighted by molar-refractivity contribution is 0.0493. The van der Waals surface area contributed by atoms with Crippen LogP contribution in [0.25, 0.3) is 22.3 Å². The van der Waals surface area contributed by atoms with Crippen molar-refractivity contribution in [2.45, 2.75) is 91.1 Å². The fraction of sp³-hybridized carbons (Fsp3) is 0.486. The highest BCUT2D eigenvalue weighted by molar-refractivity contribution is 7.97. The number of nitrogens with two attached hydrogens (primary N) is 1. The molecule has 4 N–H and O–H groups in total. The number of aromatic nitrogens is 4. The zero-order chi connectivity index (χ0) is 33.4. The van der Waals surface area contributed by atoms with Crippen molar-refractivity contribution in [2.75, 3.05) is 30.2 Å². The molecule has 0 unspecified atom stereocenters. The Bertz CT molecular complexity index is 1470. The number of hydrogen-bond acceptors (Lipinski definition) is 9. The van der Waals surface area contributed by atoms with Gasteiger partial charge < -0.3 is 25.8 Å². The minimum Gasteiger partial charge on any atom is -0.444 e. The maximum Gasteiger partial charge on any atom is 0.407 e. The van der Waals surface area contributed by atoms with Crippen molar-refractivity contribution in [2.24, 2.45) is 0 Å². The van der Waals surface area contributed by atoms with E-state index >= 15 is 0 Å². The van der Waals surface area contributed by atoms with E-state index in [1.165, 1.54) is 24.8 Å². The molecule has 11 heteroatoms. The van der Waals surface area contributed by atoms with Gasteiger partial charge in [-0.2, -0.15) is 21.8 Å². The van der Waals surface area contributed by atoms with E-state index in [2.05, 4.69) is 45.7 Å². The van der Waals surface area contributed by atoms with Gasteiger partial charge in [0.1, 0.15) is 18.0 Å². The maximum absolute atomic E-state index is 11.4. The highest BCUT2D eigenvalue weighted by Gasteiger charge is 2.20. The molecule has 1 aliphatic rings. The highest BCUT2D eigenvalue weighted by atomic mass is 32.2. The molecule has 5 rings (SSSR count). The molecular formula is C35H51N7O3S. The van der Waals surface area contributed by atoms with Crippen LogP contribution in [0.15, 0.2) is 60.8 Å². The Labute approximate surface area is 278 Å². The number of amides is 1. The minimum absolute atomic E-state index is 0.221. The van der Waals surface area contributed by atoms with E-state index in [0.717, 1.165) is 48.1 Å². The fourth-order valence-electron chi connectivity index (χ4n) is 4.87. The number of rotatable bonds is 9. The van der Waals surface area contributed by atoms with Gasteiger partial charge in [0.25, 0.3) is 0 Å². The first-order valence-corrected chi connectivity index (χ1v) is 17.6. The second-order valence-corrected chi connectivity index (χ2v) is 13.0. The average molecular weight is 650 g/mol. The van der Waals surface area contributed by atoms with Crippen molar-refractivity contribution in [1.29, 1.82) is 0 Å². The zero-order valence-corrected chi connectivity index (χ0v) is 29.0. The number of fused-ring (bicyclic) bond motifs is 1. The smallest absolute Gasteiger partial charge is 0.407 e. The largest absolute Gasteiger partial charge is 0.444 e. The molecule has 1 aliphatic carbocycles. The Morgan fingerprint density at radius 3 is 2.46 bits per heavy atom. The number of nitrogens with zero attached hydrogens (tertiary/aromatic N) is 4. The Morgan fingerprint density at radius 2 is 1.78 bits per heavy atom. The Morgan fingerprint density at radius 1 is 1.07 bits per heavy atom. The number of nitrogen functional groups attached to an aromatic ring is 1. The van der Waals surface area contributed by atoms with Crippen LogP contribution in [0.4, 0.5) is 16.4 Å². The van der Waals surface area contributed by atoms with Gasteiger partial charge in [0.05, 0.1) is 5.39 Å². The number of hydrogen-bond donors (Lipinski definition) is 3. The first-order valence-electron chi connectivity index (χ1n) is 16.0. The van der Waals surface area contributed by atoms with Crippen LogP contribution < -0.4 is 16.4 Å². The fourth-order valence-corrected chi connectivity index (χ4v) is 4.87. The van der Waals surface area contributed by atoms with Crippen molar-refractivity contribution in [1.82, 2.24) is 25.1 Å². The summed E-state index contributed by atoms with van der Waals surface area (Å²) >= 11 is 1.75. The van der Waals surface area contributed by atoms with Gasteiger partial charge in [0.2, 0.25) is 5.95 Å². The number of anilines is 2. The van der Waals surface area contributed by atoms with Gasteiger partial charge in [0, 0.05) is 36.6 Å². The van der Waals surface area contributed by atoms with Crippen molar-refractivity contribution >= 4 is 40.5 Å². The number of benzene rings is 2. The van der Waals surface area contributed by atoms with Crippen molar-refractivity contribution in [3.05, 3.63) is 66.4 Å². The quantitative estimate of drug-likeness (QED) is 0.155. The van der Waals surface area contributed by atoms with Crippen LogP contribution in [0, 0.1) is 0 Å². The standard InChI is InChI=1S/C22H24N6O.C11H21NO2.C2H6S/c1-2-11-29-15-28-21-19(14-25-22(23)26-21)20(27-28)17-9-6-10-18(12-17)24-13-16-7-4-3-5-8-16;1-11(2,3)14-10(13)12-9-7-5-4-6-8-9;1-3-2/h3-10,12,14,24H,2,11,13,15H2,1H3,(H2,23,25,26);9H,4-8H2,1-3H3,(H,12,13);1-2H3. The van der Waals surface area contributed by atoms with Gasteiger partial charge in [-0.1, -0.05) is 68.7 Å². The normalized spacial score (nSPS) is 13.2. The lowest BCUT2D eigenvalue weighted by atomic mass is 9.96. The second-order valence-electron chi connectivity index (χ2n) is 12.2. The number of alkyl carbamates (subject to hydrolysis) is 1. The summed E-state index contributed by atoms with van der Waals surface area (Å²) in [6.07, 6.45) is 12.4. The molecule has 0 aliphatic heterocycles. The highest BCUT2D eigenvalue weighted by Crippen LogP contribution is 2.29. The Hall–Kier alpha value is -3.83. The van der Waals surface area contributed by atoms with Crippen LogP contribution in [0.1, 0.15) is 71.8 Å². The molecule has 0 atom stereocenters. The number of carbonyl (C=O) groups excluding carboxylic acids is 1. The molecule has 0 spiro atoms. The molecule has 2 heterocycles. The van der Waals surface area contributed by atoms with E-state index in [4.69, 9.17) is 20.3 Å². The topological polar surface area (TPSA) is 129 Å². The van der Waals surface area contributed by atoms with Crippen LogP contribution in [-0.4, -0.2) is 56.6 Å². The Kier molecular flexibility index (Phi) is 15.1. The van der Waals surface area contributed by atoms with E-state index < -0.39 is 5.60 Å². The first-order chi connectivity index (χ1) is 22.1. The van der Waals surface area contributed by atoms with E-state index in [-0.39, 0.29) is 12.0 Å². The predicted molar refractivity (Wildman–Crippen MR) is 191 cm³/mol. The third-order valence-corrected chi connectivity index (χ3v) is 6.87.